The van der Waals surface area contributed by atoms with Gasteiger partial charge in [-0.25, -0.2) is 4.98 Å². The summed E-state index contributed by atoms with van der Waals surface area (Å²) in [6.45, 7) is 38.4. The summed E-state index contributed by atoms with van der Waals surface area (Å²) in [5.74, 6) is 3.88. The van der Waals surface area contributed by atoms with E-state index in [9.17, 15) is 20.6 Å². The van der Waals surface area contributed by atoms with Crippen molar-refractivity contribution in [2.24, 2.45) is 10.8 Å². The number of carbonyl (C=O) groups is 2. The quantitative estimate of drug-likeness (QED) is 0.0649. The molecule has 536 valence electrons. The van der Waals surface area contributed by atoms with Gasteiger partial charge in [0.25, 0.3) is 0 Å². The standard InChI is InChI=1S/C90H90N4O7.O3S/c1-56-36-42-62(65(45-56)83(95)58-28-20-19-21-29-58)60-39-43-64(66(46-60)84(96)59-37-40-61(41-38-59)97-82-35-22-23-44-94-82)63-30-25-32-75(68(63)52-92)99-80-49-73(90(17,18)55-86(6,7)8)81(50-72(80)89(15,16)54-85(3,4)5)101-77-34-26-33-76(69(77)53-93)100-79-48-70(87(9,10)11)78(47-71(79)88(12,13)14)98-74-31-24-27-57(2)67(74)51-91;1-4(2)3/h19-50H,54-55H2,1-18H3;. The number of nitriles is 3. The van der Waals surface area contributed by atoms with Crippen molar-refractivity contribution in [2.75, 3.05) is 0 Å². The van der Waals surface area contributed by atoms with Crippen LogP contribution in [-0.4, -0.2) is 29.2 Å². The lowest BCUT2D eigenvalue weighted by molar-refractivity contribution is 0.103. The van der Waals surface area contributed by atoms with Crippen LogP contribution in [0.3, 0.4) is 0 Å². The van der Waals surface area contributed by atoms with Crippen molar-refractivity contribution in [3.63, 3.8) is 0 Å². The predicted octanol–water partition coefficient (Wildman–Crippen LogP) is 23.1. The van der Waals surface area contributed by atoms with Gasteiger partial charge in [0.15, 0.2) is 11.6 Å². The topological polar surface area (TPSA) is 216 Å². The summed E-state index contributed by atoms with van der Waals surface area (Å²) in [4.78, 5) is 34.2. The first-order valence-corrected chi connectivity index (χ1v) is 35.8. The van der Waals surface area contributed by atoms with Gasteiger partial charge < -0.3 is 23.7 Å². The number of ether oxygens (including phenoxy) is 5. The third-order valence-electron chi connectivity index (χ3n) is 17.9. The number of aromatic nitrogens is 1. The molecule has 0 N–H and O–H groups in total. The van der Waals surface area contributed by atoms with Crippen molar-refractivity contribution in [1.82, 2.24) is 4.98 Å². The van der Waals surface area contributed by atoms with E-state index in [1.807, 2.05) is 135 Å². The maximum atomic E-state index is 15.5. The number of carbonyl (C=O) groups excluding carboxylic acids is 2. The molecule has 0 spiro atoms. The van der Waals surface area contributed by atoms with E-state index in [1.54, 1.807) is 72.9 Å². The monoisotopic (exact) mass is 1420 g/mol. The molecular weight excluding hydrogens is 1330 g/mol. The minimum atomic E-state index is -3.11. The van der Waals surface area contributed by atoms with Crippen LogP contribution in [0.25, 0.3) is 22.3 Å². The van der Waals surface area contributed by atoms with Crippen LogP contribution < -0.4 is 23.7 Å². The van der Waals surface area contributed by atoms with Gasteiger partial charge >= 0.3 is 10.6 Å². The summed E-state index contributed by atoms with van der Waals surface area (Å²) in [6, 6.07) is 64.5. The van der Waals surface area contributed by atoms with E-state index in [2.05, 4.69) is 134 Å². The first-order valence-electron chi connectivity index (χ1n) is 34.8. The second-order valence-corrected chi connectivity index (χ2v) is 32.7. The van der Waals surface area contributed by atoms with Gasteiger partial charge in [-0.1, -0.05) is 207 Å². The van der Waals surface area contributed by atoms with Gasteiger partial charge in [-0.05, 0) is 172 Å². The SMILES string of the molecule is Cc1ccc(-c2ccc(-c3cccc(Oc4cc(C(C)(C)CC(C)(C)C)c(Oc5cccc(Oc6cc(C(C)(C)C)c(Oc7cccc(C)c7C#N)cc6C(C)(C)C)c5C#N)cc4C(C)(C)CC(C)(C)C)c3C#N)c(C(=O)c3ccc(Oc4ccccn4)cc3)c2)c(C(=O)c2ccccc2)c1.O=S(=O)=O. The lowest BCUT2D eigenvalue weighted by Crippen LogP contribution is -2.28. The zero-order valence-electron chi connectivity index (χ0n) is 63.2. The van der Waals surface area contributed by atoms with Gasteiger partial charge in [0.1, 0.15) is 81.1 Å². The zero-order chi connectivity index (χ0) is 76.7. The summed E-state index contributed by atoms with van der Waals surface area (Å²) in [7, 11) is -3.11. The van der Waals surface area contributed by atoms with E-state index in [0.717, 1.165) is 33.4 Å². The summed E-state index contributed by atoms with van der Waals surface area (Å²) < 4.78 is 59.7. The minimum absolute atomic E-state index is 0.158. The van der Waals surface area contributed by atoms with Crippen LogP contribution >= 0.6 is 0 Å². The third-order valence-corrected chi connectivity index (χ3v) is 17.9. The van der Waals surface area contributed by atoms with E-state index in [0.29, 0.717) is 109 Å². The molecule has 0 atom stereocenters. The molecule has 10 aromatic rings. The Morgan fingerprint density at radius 1 is 0.390 bits per heavy atom. The second-order valence-electron chi connectivity index (χ2n) is 32.3. The van der Waals surface area contributed by atoms with Gasteiger partial charge in [-0.2, -0.15) is 15.8 Å². The van der Waals surface area contributed by atoms with Gasteiger partial charge in [-0.15, -0.1) is 12.6 Å². The molecule has 1 aromatic heterocycles. The molecule has 0 aliphatic rings. The Morgan fingerprint density at radius 2 is 0.810 bits per heavy atom. The van der Waals surface area contributed by atoms with E-state index in [1.165, 1.54) is 0 Å². The van der Waals surface area contributed by atoms with Crippen LogP contribution in [0.15, 0.2) is 194 Å². The van der Waals surface area contributed by atoms with Crippen molar-refractivity contribution in [3.05, 3.63) is 267 Å². The lowest BCUT2D eigenvalue weighted by Gasteiger charge is -2.37. The fourth-order valence-electron chi connectivity index (χ4n) is 14.0. The number of benzene rings is 9. The van der Waals surface area contributed by atoms with Crippen LogP contribution in [-0.2, 0) is 32.3 Å². The summed E-state index contributed by atoms with van der Waals surface area (Å²) >= 11 is 0. The van der Waals surface area contributed by atoms with E-state index in [-0.39, 0.29) is 45.0 Å². The fraction of sp³-hybridized carbons (Fsp3) is 0.289. The molecule has 0 saturated heterocycles. The Labute approximate surface area is 619 Å². The summed E-state index contributed by atoms with van der Waals surface area (Å²) in [5, 5.41) is 33.2. The van der Waals surface area contributed by atoms with Crippen LogP contribution in [0.5, 0.6) is 57.6 Å². The second kappa shape index (κ2) is 31.3. The Balaban J connectivity index is 0.00000311. The molecule has 14 nitrogen and oxygen atoms in total. The molecule has 105 heavy (non-hydrogen) atoms. The van der Waals surface area contributed by atoms with Gasteiger partial charge in [0.2, 0.25) is 5.88 Å². The Kier molecular flexibility index (Phi) is 23.1. The number of rotatable bonds is 20. The molecule has 0 amide bonds. The number of hydrogen-bond donors (Lipinski definition) is 0. The molecule has 0 bridgehead atoms. The maximum Gasteiger partial charge on any atom is 0.425 e. The highest BCUT2D eigenvalue weighted by Gasteiger charge is 2.38. The van der Waals surface area contributed by atoms with E-state index < -0.39 is 32.3 Å². The van der Waals surface area contributed by atoms with Crippen LogP contribution in [0.1, 0.15) is 206 Å². The molecule has 0 fully saturated rings. The smallest absolute Gasteiger partial charge is 0.425 e. The molecule has 10 rings (SSSR count). The maximum absolute atomic E-state index is 15.5. The Hall–Kier alpha value is -11.4. The van der Waals surface area contributed by atoms with Crippen molar-refractivity contribution >= 4 is 22.2 Å². The largest absolute Gasteiger partial charge is 0.456 e. The molecule has 1 heterocycles. The fourth-order valence-corrected chi connectivity index (χ4v) is 14.0. The number of aryl methyl sites for hydroxylation is 2. The average molecular weight is 1420 g/mol. The third kappa shape index (κ3) is 18.9. The van der Waals surface area contributed by atoms with Crippen molar-refractivity contribution < 1.29 is 45.9 Å². The molecule has 0 aliphatic heterocycles. The Morgan fingerprint density at radius 3 is 1.28 bits per heavy atom. The first kappa shape index (κ1) is 77.7. The molecule has 0 aliphatic carbocycles. The van der Waals surface area contributed by atoms with Crippen LogP contribution in [0, 0.1) is 58.7 Å². The van der Waals surface area contributed by atoms with E-state index >= 15 is 4.79 Å². The van der Waals surface area contributed by atoms with E-state index in [4.69, 9.17) is 36.3 Å². The van der Waals surface area contributed by atoms with Crippen LogP contribution in [0.4, 0.5) is 0 Å². The summed E-state index contributed by atoms with van der Waals surface area (Å²) in [5.41, 5.74) is 7.23. The zero-order valence-corrected chi connectivity index (χ0v) is 64.0. The van der Waals surface area contributed by atoms with Crippen molar-refractivity contribution in [2.45, 2.75) is 159 Å². The number of ketones is 2. The number of pyridine rings is 1. The van der Waals surface area contributed by atoms with Gasteiger partial charge in [0.05, 0.1) is 5.56 Å². The van der Waals surface area contributed by atoms with Gasteiger partial charge in [0, 0.05) is 62.3 Å². The predicted molar refractivity (Wildman–Crippen MR) is 412 cm³/mol. The average Bonchev–Trinajstić information content (AvgIpc) is 0.763. The minimum Gasteiger partial charge on any atom is -0.456 e. The lowest BCUT2D eigenvalue weighted by atomic mass is 9.69. The normalized spacial score (nSPS) is 11.8. The van der Waals surface area contributed by atoms with Crippen molar-refractivity contribution in [1.29, 1.82) is 15.8 Å². The number of nitrogens with zero attached hydrogens (tertiary/aromatic N) is 4. The molecule has 15 heteroatoms. The molecular formula is C90H90N4O10S. The summed E-state index contributed by atoms with van der Waals surface area (Å²) in [6.07, 6.45) is 3.05. The van der Waals surface area contributed by atoms with Crippen molar-refractivity contribution in [3.8, 4) is 98.1 Å². The van der Waals surface area contributed by atoms with Gasteiger partial charge in [-0.3, -0.25) is 9.59 Å². The highest BCUT2D eigenvalue weighted by molar-refractivity contribution is 7.59. The molecule has 9 aromatic carbocycles. The molecule has 0 unspecified atom stereocenters. The highest BCUT2D eigenvalue weighted by atomic mass is 32.2. The first-order chi connectivity index (χ1) is 49.3. The highest BCUT2D eigenvalue weighted by Crippen LogP contribution is 2.52. The molecule has 0 radical (unpaired) electrons. The molecule has 0 saturated carbocycles. The van der Waals surface area contributed by atoms with Crippen LogP contribution in [0.2, 0.25) is 0 Å². The number of hydrogen-bond acceptors (Lipinski definition) is 14. The Bertz CT molecular complexity index is 5180.